The summed E-state index contributed by atoms with van der Waals surface area (Å²) in [6.45, 7) is 2.63. The molecule has 0 amide bonds. The molecule has 0 aliphatic heterocycles. The van der Waals surface area contributed by atoms with Gasteiger partial charge in [-0.05, 0) is 24.6 Å². The predicted molar refractivity (Wildman–Crippen MR) is 68.0 cm³/mol. The Labute approximate surface area is 114 Å². The molecule has 0 spiro atoms. The molecule has 1 atom stereocenters. The number of aliphatic hydroxyl groups is 1. The minimum atomic E-state index is -4.33. The molecule has 1 unspecified atom stereocenters. The smallest absolute Gasteiger partial charge is 0.388 e. The molecule has 1 aromatic heterocycles. The van der Waals surface area contributed by atoms with Crippen LogP contribution in [-0.2, 0) is 19.1 Å². The van der Waals surface area contributed by atoms with Crippen LogP contribution in [0.3, 0.4) is 0 Å². The second-order valence-corrected chi connectivity index (χ2v) is 4.54. The van der Waals surface area contributed by atoms with Crippen LogP contribution in [0.2, 0.25) is 0 Å². The molecule has 0 aliphatic carbocycles. The average Bonchev–Trinajstić information content (AvgIpc) is 2.87. The number of halogens is 3. The zero-order valence-corrected chi connectivity index (χ0v) is 10.9. The van der Waals surface area contributed by atoms with Gasteiger partial charge in [-0.15, -0.1) is 0 Å². The van der Waals surface area contributed by atoms with E-state index in [1.165, 1.54) is 12.1 Å². The molecule has 20 heavy (non-hydrogen) atoms. The second kappa shape index (κ2) is 5.66. The van der Waals surface area contributed by atoms with E-state index in [1.54, 1.807) is 17.1 Å². The van der Waals surface area contributed by atoms with E-state index in [1.807, 2.05) is 6.92 Å². The van der Waals surface area contributed by atoms with E-state index in [0.29, 0.717) is 17.7 Å². The van der Waals surface area contributed by atoms with E-state index in [4.69, 9.17) is 0 Å². The number of aryl methyl sites for hydroxylation is 1. The number of aromatic nitrogens is 2. The number of hydrogen-bond acceptors (Lipinski definition) is 2. The summed E-state index contributed by atoms with van der Waals surface area (Å²) in [6, 6.07) is 4.82. The van der Waals surface area contributed by atoms with Crippen LogP contribution in [-0.4, -0.2) is 14.9 Å². The molecule has 1 aromatic carbocycles. The highest BCUT2D eigenvalue weighted by atomic mass is 19.4. The van der Waals surface area contributed by atoms with Gasteiger partial charge in [-0.25, -0.2) is 0 Å². The predicted octanol–water partition coefficient (Wildman–Crippen LogP) is 3.20. The minimum Gasteiger partial charge on any atom is -0.388 e. The first-order valence-electron chi connectivity index (χ1n) is 6.26. The molecule has 1 heterocycles. The van der Waals surface area contributed by atoms with Crippen molar-refractivity contribution in [2.24, 2.45) is 0 Å². The van der Waals surface area contributed by atoms with Crippen LogP contribution >= 0.6 is 0 Å². The number of nitrogens with zero attached hydrogens (tertiary/aromatic N) is 2. The number of aliphatic hydroxyl groups excluding tert-OH is 1. The van der Waals surface area contributed by atoms with Crippen molar-refractivity contribution in [2.75, 3.05) is 0 Å². The highest BCUT2D eigenvalue weighted by Gasteiger charge is 2.30. The molecule has 108 valence electrons. The fourth-order valence-corrected chi connectivity index (χ4v) is 1.90. The van der Waals surface area contributed by atoms with Gasteiger partial charge in [0.25, 0.3) is 0 Å². The van der Waals surface area contributed by atoms with Crippen LogP contribution in [0.15, 0.2) is 36.7 Å². The molecular weight excluding hydrogens is 269 g/mol. The van der Waals surface area contributed by atoms with Crippen molar-refractivity contribution in [2.45, 2.75) is 32.2 Å². The zero-order valence-electron chi connectivity index (χ0n) is 10.9. The van der Waals surface area contributed by atoms with E-state index in [2.05, 4.69) is 5.10 Å². The maximum Gasteiger partial charge on any atom is 0.416 e. The summed E-state index contributed by atoms with van der Waals surface area (Å²) >= 11 is 0. The maximum atomic E-state index is 12.4. The van der Waals surface area contributed by atoms with Gasteiger partial charge in [-0.2, -0.15) is 18.3 Å². The first kappa shape index (κ1) is 14.6. The SMILES string of the molecule is CCn1cc(C(O)Cc2ccc(C(F)(F)F)cc2)cn1. The Bertz CT molecular complexity index is 561. The van der Waals surface area contributed by atoms with Crippen molar-refractivity contribution >= 4 is 0 Å². The standard InChI is InChI=1S/C14H15F3N2O/c1-2-19-9-11(8-18-19)13(20)7-10-3-5-12(6-4-10)14(15,16)17/h3-6,8-9,13,20H,2,7H2,1H3. The van der Waals surface area contributed by atoms with Gasteiger partial charge >= 0.3 is 6.18 Å². The number of benzene rings is 1. The highest BCUT2D eigenvalue weighted by molar-refractivity contribution is 5.26. The van der Waals surface area contributed by atoms with Gasteiger partial charge in [0.2, 0.25) is 0 Å². The third-order valence-corrected chi connectivity index (χ3v) is 3.07. The third-order valence-electron chi connectivity index (χ3n) is 3.07. The lowest BCUT2D eigenvalue weighted by atomic mass is 10.0. The summed E-state index contributed by atoms with van der Waals surface area (Å²) < 4.78 is 39.0. The summed E-state index contributed by atoms with van der Waals surface area (Å²) in [6.07, 6.45) is -1.55. The van der Waals surface area contributed by atoms with E-state index in [-0.39, 0.29) is 6.42 Å². The van der Waals surface area contributed by atoms with Crippen molar-refractivity contribution in [1.29, 1.82) is 0 Å². The molecule has 0 saturated carbocycles. The van der Waals surface area contributed by atoms with Crippen molar-refractivity contribution in [3.05, 3.63) is 53.3 Å². The first-order valence-corrected chi connectivity index (χ1v) is 6.26. The van der Waals surface area contributed by atoms with E-state index >= 15 is 0 Å². The topological polar surface area (TPSA) is 38.0 Å². The Hall–Kier alpha value is -1.82. The molecule has 0 fully saturated rings. The lowest BCUT2D eigenvalue weighted by Crippen LogP contribution is -2.05. The minimum absolute atomic E-state index is 0.257. The largest absolute Gasteiger partial charge is 0.416 e. The third kappa shape index (κ3) is 3.39. The van der Waals surface area contributed by atoms with Crippen LogP contribution < -0.4 is 0 Å². The van der Waals surface area contributed by atoms with E-state index < -0.39 is 17.8 Å². The van der Waals surface area contributed by atoms with Gasteiger partial charge in [-0.3, -0.25) is 4.68 Å². The highest BCUT2D eigenvalue weighted by Crippen LogP contribution is 2.29. The summed E-state index contributed by atoms with van der Waals surface area (Å²) in [4.78, 5) is 0. The van der Waals surface area contributed by atoms with Gasteiger partial charge < -0.3 is 5.11 Å². The molecule has 1 N–H and O–H groups in total. The Balaban J connectivity index is 2.06. The average molecular weight is 284 g/mol. The van der Waals surface area contributed by atoms with Gasteiger partial charge in [0.1, 0.15) is 0 Å². The Morgan fingerprint density at radius 1 is 1.25 bits per heavy atom. The Morgan fingerprint density at radius 2 is 1.90 bits per heavy atom. The molecule has 2 aromatic rings. The molecular formula is C14H15F3N2O. The lowest BCUT2D eigenvalue weighted by Gasteiger charge is -2.10. The summed E-state index contributed by atoms with van der Waals surface area (Å²) in [5, 5.41) is 14.1. The summed E-state index contributed by atoms with van der Waals surface area (Å²) in [5.74, 6) is 0. The van der Waals surface area contributed by atoms with E-state index in [0.717, 1.165) is 12.1 Å². The van der Waals surface area contributed by atoms with Crippen LogP contribution in [0.5, 0.6) is 0 Å². The normalized spacial score (nSPS) is 13.4. The van der Waals surface area contributed by atoms with Crippen molar-refractivity contribution in [3.63, 3.8) is 0 Å². The zero-order chi connectivity index (χ0) is 14.8. The van der Waals surface area contributed by atoms with Crippen LogP contribution in [0.4, 0.5) is 13.2 Å². The van der Waals surface area contributed by atoms with Gasteiger partial charge in [0.15, 0.2) is 0 Å². The van der Waals surface area contributed by atoms with Crippen molar-refractivity contribution in [3.8, 4) is 0 Å². The number of hydrogen-bond donors (Lipinski definition) is 1. The van der Waals surface area contributed by atoms with Gasteiger partial charge in [0, 0.05) is 24.7 Å². The van der Waals surface area contributed by atoms with Gasteiger partial charge in [-0.1, -0.05) is 12.1 Å². The van der Waals surface area contributed by atoms with Gasteiger partial charge in [0.05, 0.1) is 17.9 Å². The fourth-order valence-electron chi connectivity index (χ4n) is 1.90. The summed E-state index contributed by atoms with van der Waals surface area (Å²) in [5.41, 5.74) is 0.621. The molecule has 3 nitrogen and oxygen atoms in total. The van der Waals surface area contributed by atoms with Crippen LogP contribution in [0, 0.1) is 0 Å². The lowest BCUT2D eigenvalue weighted by molar-refractivity contribution is -0.137. The number of rotatable bonds is 4. The molecule has 0 bridgehead atoms. The van der Waals surface area contributed by atoms with Crippen LogP contribution in [0.1, 0.15) is 29.7 Å². The Kier molecular flexibility index (Phi) is 4.13. The first-order chi connectivity index (χ1) is 9.40. The maximum absolute atomic E-state index is 12.4. The van der Waals surface area contributed by atoms with Crippen molar-refractivity contribution < 1.29 is 18.3 Å². The number of alkyl halides is 3. The van der Waals surface area contributed by atoms with Crippen LogP contribution in [0.25, 0.3) is 0 Å². The fraction of sp³-hybridized carbons (Fsp3) is 0.357. The second-order valence-electron chi connectivity index (χ2n) is 4.54. The molecule has 6 heteroatoms. The molecule has 0 saturated heterocycles. The molecule has 0 radical (unpaired) electrons. The monoisotopic (exact) mass is 284 g/mol. The van der Waals surface area contributed by atoms with E-state index in [9.17, 15) is 18.3 Å². The van der Waals surface area contributed by atoms with Crippen molar-refractivity contribution in [1.82, 2.24) is 9.78 Å². The quantitative estimate of drug-likeness (QED) is 0.936. The molecule has 0 aliphatic rings. The Morgan fingerprint density at radius 3 is 2.40 bits per heavy atom. The molecule has 2 rings (SSSR count). The summed E-state index contributed by atoms with van der Waals surface area (Å²) in [7, 11) is 0.